The van der Waals surface area contributed by atoms with Crippen molar-refractivity contribution in [3.8, 4) is 5.75 Å². The van der Waals surface area contributed by atoms with Crippen molar-refractivity contribution in [3.63, 3.8) is 0 Å². The fourth-order valence-corrected chi connectivity index (χ4v) is 2.55. The van der Waals surface area contributed by atoms with Gasteiger partial charge in [0.1, 0.15) is 5.75 Å². The molecule has 0 unspecified atom stereocenters. The average Bonchev–Trinajstić information content (AvgIpc) is 2.54. The van der Waals surface area contributed by atoms with Crippen LogP contribution >= 0.6 is 11.6 Å². The van der Waals surface area contributed by atoms with Crippen molar-refractivity contribution in [2.24, 2.45) is 5.41 Å². The molecule has 0 spiro atoms. The molecule has 104 valence electrons. The van der Waals surface area contributed by atoms with Crippen molar-refractivity contribution in [2.75, 3.05) is 19.8 Å². The number of Topliss-reactive ketones (excluding diaryl/α,β-unsaturated/α-hetero) is 1. The molecule has 0 fully saturated rings. The molecule has 2 rings (SSSR count). The minimum Gasteiger partial charge on any atom is -0.493 e. The molecular formula is C14H17ClO4. The maximum Gasteiger partial charge on any atom is 0.177 e. The van der Waals surface area contributed by atoms with Crippen LogP contribution < -0.4 is 4.74 Å². The third kappa shape index (κ3) is 2.14. The lowest BCUT2D eigenvalue weighted by molar-refractivity contribution is 0.0345. The van der Waals surface area contributed by atoms with Crippen LogP contribution in [0.5, 0.6) is 5.75 Å². The van der Waals surface area contributed by atoms with Gasteiger partial charge in [0, 0.05) is 5.02 Å². The zero-order valence-electron chi connectivity index (χ0n) is 11.0. The van der Waals surface area contributed by atoms with E-state index in [1.807, 2.05) is 6.92 Å². The van der Waals surface area contributed by atoms with Crippen LogP contribution in [0.15, 0.2) is 6.07 Å². The van der Waals surface area contributed by atoms with E-state index in [4.69, 9.17) is 16.3 Å². The molecular weight excluding hydrogens is 268 g/mol. The van der Waals surface area contributed by atoms with E-state index >= 15 is 0 Å². The highest BCUT2D eigenvalue weighted by molar-refractivity contribution is 6.32. The van der Waals surface area contributed by atoms with Gasteiger partial charge in [0.2, 0.25) is 0 Å². The zero-order chi connectivity index (χ0) is 14.2. The van der Waals surface area contributed by atoms with Gasteiger partial charge >= 0.3 is 0 Å². The highest BCUT2D eigenvalue weighted by Crippen LogP contribution is 2.39. The van der Waals surface area contributed by atoms with Gasteiger partial charge in [-0.05, 0) is 37.5 Å². The van der Waals surface area contributed by atoms with E-state index in [2.05, 4.69) is 0 Å². The van der Waals surface area contributed by atoms with Gasteiger partial charge < -0.3 is 14.9 Å². The summed E-state index contributed by atoms with van der Waals surface area (Å²) < 4.78 is 5.59. The summed E-state index contributed by atoms with van der Waals surface area (Å²) >= 11 is 6.18. The molecule has 5 heteroatoms. The minimum absolute atomic E-state index is 0.278. The number of hydrogen-bond donors (Lipinski definition) is 2. The van der Waals surface area contributed by atoms with Gasteiger partial charge in [0.15, 0.2) is 5.78 Å². The standard InChI is InChI=1S/C14H17ClO4/c1-8-5-10-11(9(2)12(8)15)13(18)14(6-16,7-17)3-4-19-10/h5,16-17H,3-4,6-7H2,1-2H3. The van der Waals surface area contributed by atoms with E-state index in [1.54, 1.807) is 13.0 Å². The Balaban J connectivity index is 2.66. The summed E-state index contributed by atoms with van der Waals surface area (Å²) in [6, 6.07) is 1.73. The van der Waals surface area contributed by atoms with Crippen molar-refractivity contribution < 1.29 is 19.7 Å². The Morgan fingerprint density at radius 3 is 2.58 bits per heavy atom. The Morgan fingerprint density at radius 2 is 2.00 bits per heavy atom. The first kappa shape index (κ1) is 14.3. The Hall–Kier alpha value is -1.10. The molecule has 0 bridgehead atoms. The summed E-state index contributed by atoms with van der Waals surface area (Å²) in [4.78, 5) is 12.6. The number of aliphatic hydroxyl groups is 2. The minimum atomic E-state index is -1.19. The summed E-state index contributed by atoms with van der Waals surface area (Å²) in [6.07, 6.45) is 0.281. The topological polar surface area (TPSA) is 66.8 Å². The highest BCUT2D eigenvalue weighted by Gasteiger charge is 2.42. The van der Waals surface area contributed by atoms with Gasteiger partial charge in [-0.25, -0.2) is 0 Å². The van der Waals surface area contributed by atoms with E-state index in [0.29, 0.717) is 21.9 Å². The van der Waals surface area contributed by atoms with Gasteiger partial charge in [-0.15, -0.1) is 0 Å². The largest absolute Gasteiger partial charge is 0.493 e. The van der Waals surface area contributed by atoms with E-state index < -0.39 is 18.6 Å². The third-order valence-corrected chi connectivity index (χ3v) is 4.38. The van der Waals surface area contributed by atoms with Crippen molar-refractivity contribution in [2.45, 2.75) is 20.3 Å². The van der Waals surface area contributed by atoms with Crippen molar-refractivity contribution in [1.82, 2.24) is 0 Å². The first-order valence-corrected chi connectivity index (χ1v) is 6.53. The van der Waals surface area contributed by atoms with Crippen molar-refractivity contribution in [3.05, 3.63) is 27.8 Å². The first-order valence-electron chi connectivity index (χ1n) is 6.16. The molecule has 0 saturated carbocycles. The monoisotopic (exact) mass is 284 g/mol. The van der Waals surface area contributed by atoms with Crippen LogP contribution in [0.25, 0.3) is 0 Å². The summed E-state index contributed by atoms with van der Waals surface area (Å²) in [5.74, 6) is 0.178. The Bertz CT molecular complexity index is 521. The number of aliphatic hydroxyl groups excluding tert-OH is 2. The molecule has 0 amide bonds. The van der Waals surface area contributed by atoms with Crippen LogP contribution in [0, 0.1) is 19.3 Å². The smallest absolute Gasteiger partial charge is 0.177 e. The Morgan fingerprint density at radius 1 is 1.37 bits per heavy atom. The molecule has 1 aliphatic heterocycles. The maximum atomic E-state index is 12.6. The second-order valence-electron chi connectivity index (χ2n) is 5.03. The SMILES string of the molecule is Cc1cc2c(c(C)c1Cl)C(=O)C(CO)(CO)CCO2. The van der Waals surface area contributed by atoms with Gasteiger partial charge in [-0.3, -0.25) is 4.79 Å². The molecule has 0 radical (unpaired) electrons. The van der Waals surface area contributed by atoms with E-state index in [0.717, 1.165) is 5.56 Å². The normalized spacial score (nSPS) is 17.6. The highest BCUT2D eigenvalue weighted by atomic mass is 35.5. The molecule has 0 atom stereocenters. The molecule has 1 aliphatic rings. The molecule has 1 heterocycles. The van der Waals surface area contributed by atoms with Crippen LogP contribution in [0.1, 0.15) is 27.9 Å². The van der Waals surface area contributed by atoms with Crippen LogP contribution in [-0.4, -0.2) is 35.8 Å². The van der Waals surface area contributed by atoms with E-state index in [1.165, 1.54) is 0 Å². The lowest BCUT2D eigenvalue weighted by Crippen LogP contribution is -2.39. The van der Waals surface area contributed by atoms with Crippen molar-refractivity contribution in [1.29, 1.82) is 0 Å². The summed E-state index contributed by atoms with van der Waals surface area (Å²) in [7, 11) is 0. The van der Waals surface area contributed by atoms with Crippen LogP contribution in [0.2, 0.25) is 5.02 Å². The second kappa shape index (κ2) is 5.12. The third-order valence-electron chi connectivity index (χ3n) is 3.80. The number of rotatable bonds is 2. The van der Waals surface area contributed by atoms with Gasteiger partial charge in [-0.2, -0.15) is 0 Å². The second-order valence-corrected chi connectivity index (χ2v) is 5.41. The van der Waals surface area contributed by atoms with E-state index in [-0.39, 0.29) is 18.8 Å². The molecule has 19 heavy (non-hydrogen) atoms. The predicted octanol–water partition coefficient (Wildman–Crippen LogP) is 1.89. The molecule has 1 aromatic carbocycles. The first-order chi connectivity index (χ1) is 8.96. The predicted molar refractivity (Wildman–Crippen MR) is 72.0 cm³/mol. The Kier molecular flexibility index (Phi) is 3.85. The summed E-state index contributed by atoms with van der Waals surface area (Å²) in [5.41, 5.74) is 0.659. The quantitative estimate of drug-likeness (QED) is 0.870. The molecule has 0 aromatic heterocycles. The number of ether oxygens (including phenoxy) is 1. The maximum absolute atomic E-state index is 12.6. The van der Waals surface area contributed by atoms with Gasteiger partial charge in [0.25, 0.3) is 0 Å². The lowest BCUT2D eigenvalue weighted by Gasteiger charge is -2.26. The number of hydrogen-bond acceptors (Lipinski definition) is 4. The van der Waals surface area contributed by atoms with Gasteiger partial charge in [0.05, 0.1) is 30.8 Å². The van der Waals surface area contributed by atoms with Crippen molar-refractivity contribution >= 4 is 17.4 Å². The number of aryl methyl sites for hydroxylation is 1. The number of carbonyl (C=O) groups is 1. The average molecular weight is 285 g/mol. The molecule has 0 aliphatic carbocycles. The fraction of sp³-hybridized carbons (Fsp3) is 0.500. The van der Waals surface area contributed by atoms with Crippen LogP contribution in [-0.2, 0) is 0 Å². The van der Waals surface area contributed by atoms with Crippen LogP contribution in [0.4, 0.5) is 0 Å². The fourth-order valence-electron chi connectivity index (χ4n) is 2.41. The van der Waals surface area contributed by atoms with Crippen LogP contribution in [0.3, 0.4) is 0 Å². The number of ketones is 1. The summed E-state index contributed by atoms with van der Waals surface area (Å²) in [6.45, 7) is 3.06. The number of halogens is 1. The number of fused-ring (bicyclic) bond motifs is 1. The Labute approximate surface area is 117 Å². The van der Waals surface area contributed by atoms with E-state index in [9.17, 15) is 15.0 Å². The number of benzene rings is 1. The molecule has 1 aromatic rings. The molecule has 2 N–H and O–H groups in total. The summed E-state index contributed by atoms with van der Waals surface area (Å²) in [5, 5.41) is 19.5. The molecule has 0 saturated heterocycles. The lowest BCUT2D eigenvalue weighted by atomic mass is 9.78. The zero-order valence-corrected chi connectivity index (χ0v) is 11.8. The number of carbonyl (C=O) groups excluding carboxylic acids is 1. The van der Waals surface area contributed by atoms with Gasteiger partial charge in [-0.1, -0.05) is 11.6 Å². The molecule has 4 nitrogen and oxygen atoms in total.